The maximum absolute atomic E-state index is 13.0. The second kappa shape index (κ2) is 11.1. The van der Waals surface area contributed by atoms with Gasteiger partial charge in [0, 0.05) is 5.38 Å². The van der Waals surface area contributed by atoms with Crippen molar-refractivity contribution >= 4 is 44.4 Å². The van der Waals surface area contributed by atoms with Gasteiger partial charge in [-0.15, -0.1) is 15.6 Å². The molecule has 1 aliphatic heterocycles. The van der Waals surface area contributed by atoms with Crippen LogP contribution in [-0.4, -0.2) is 52.1 Å². The summed E-state index contributed by atoms with van der Waals surface area (Å²) in [6, 6.07) is 28.5. The van der Waals surface area contributed by atoms with Crippen LogP contribution < -0.4 is 10.6 Å². The van der Waals surface area contributed by atoms with Crippen molar-refractivity contribution in [3.63, 3.8) is 0 Å². The molecule has 3 aromatic carbocycles. The van der Waals surface area contributed by atoms with Crippen LogP contribution in [0.1, 0.15) is 36.2 Å². The number of nitrogens with one attached hydrogen (secondary N) is 3. The van der Waals surface area contributed by atoms with E-state index in [-0.39, 0.29) is 5.69 Å². The predicted octanol–water partition coefficient (Wildman–Crippen LogP) is 3.75. The van der Waals surface area contributed by atoms with Crippen LogP contribution in [0.25, 0.3) is 0 Å². The monoisotopic (exact) mass is 605 g/mol. The third kappa shape index (κ3) is 5.42. The number of hydrogen-bond acceptors (Lipinski definition) is 9. The number of benzene rings is 3. The quantitative estimate of drug-likeness (QED) is 0.0920. The van der Waals surface area contributed by atoms with Gasteiger partial charge in [-0.2, -0.15) is 13.5 Å². The molecule has 5 rings (SSSR count). The molecular weight excluding hydrogens is 578 g/mol. The van der Waals surface area contributed by atoms with E-state index in [0.717, 1.165) is 16.7 Å². The summed E-state index contributed by atoms with van der Waals surface area (Å²) in [6.45, 7) is 2.88. The lowest BCUT2D eigenvalue weighted by Crippen LogP contribution is -2.76. The van der Waals surface area contributed by atoms with Crippen molar-refractivity contribution in [3.8, 4) is 0 Å². The Morgan fingerprint density at radius 3 is 1.88 bits per heavy atom. The highest BCUT2D eigenvalue weighted by molar-refractivity contribution is 7.80. The summed E-state index contributed by atoms with van der Waals surface area (Å²) < 4.78 is 35.4. The normalized spacial score (nSPS) is 16.4. The average molecular weight is 606 g/mol. The zero-order valence-electron chi connectivity index (χ0n) is 22.5. The standard InChI is InChI=1S/C29H27N5O6S2/c1-28(2)24(26(36)34(28)40-42(37,38)39)32-25(35)23(30)22-18-41-27(31-22)33-29(19-12-6-3-7-13-19,20-14-8-4-9-15-20)21-16-10-5-11-17-21/h3-18,24,30H,1-2H3,(H,31,33)(H,32,35)(H,37,38,39)/t24-/m1/s1. The number of carbonyl (C=O) groups is 2. The Kier molecular flexibility index (Phi) is 7.68. The van der Waals surface area contributed by atoms with Crippen LogP contribution >= 0.6 is 11.3 Å². The number of anilines is 1. The molecule has 2 heterocycles. The van der Waals surface area contributed by atoms with E-state index in [4.69, 9.17) is 9.96 Å². The molecule has 13 heteroatoms. The van der Waals surface area contributed by atoms with Gasteiger partial charge in [0.2, 0.25) is 0 Å². The summed E-state index contributed by atoms with van der Waals surface area (Å²) in [5.74, 6) is -1.78. The van der Waals surface area contributed by atoms with Crippen molar-refractivity contribution in [1.82, 2.24) is 15.4 Å². The summed E-state index contributed by atoms with van der Waals surface area (Å²) in [5, 5.41) is 17.0. The number of β-lactam (4-membered cyclic amide) rings is 1. The lowest BCUT2D eigenvalue weighted by atomic mass is 9.77. The highest BCUT2D eigenvalue weighted by Gasteiger charge is 2.58. The first kappa shape index (κ1) is 29.1. The van der Waals surface area contributed by atoms with Crippen molar-refractivity contribution in [2.24, 2.45) is 0 Å². The van der Waals surface area contributed by atoms with Crippen molar-refractivity contribution in [2.45, 2.75) is 31.0 Å². The van der Waals surface area contributed by atoms with E-state index in [2.05, 4.69) is 19.9 Å². The van der Waals surface area contributed by atoms with Crippen LogP contribution in [0.2, 0.25) is 0 Å². The molecule has 42 heavy (non-hydrogen) atoms. The zero-order valence-corrected chi connectivity index (χ0v) is 24.1. The third-order valence-electron chi connectivity index (χ3n) is 7.02. The van der Waals surface area contributed by atoms with Crippen molar-refractivity contribution in [1.29, 1.82) is 5.41 Å². The number of aromatic nitrogens is 1. The van der Waals surface area contributed by atoms with Gasteiger partial charge in [0.05, 0.1) is 5.54 Å². The van der Waals surface area contributed by atoms with E-state index < -0.39 is 45.0 Å². The van der Waals surface area contributed by atoms with Crippen molar-refractivity contribution in [2.75, 3.05) is 5.32 Å². The van der Waals surface area contributed by atoms with Gasteiger partial charge in [-0.05, 0) is 30.5 Å². The molecule has 1 fully saturated rings. The maximum atomic E-state index is 13.0. The fourth-order valence-electron chi connectivity index (χ4n) is 4.93. The van der Waals surface area contributed by atoms with E-state index in [0.29, 0.717) is 10.2 Å². The van der Waals surface area contributed by atoms with Crippen LogP contribution in [-0.2, 0) is 29.8 Å². The Labute approximate surface area is 246 Å². The van der Waals surface area contributed by atoms with Crippen LogP contribution in [0, 0.1) is 5.41 Å². The zero-order chi connectivity index (χ0) is 30.1. The summed E-state index contributed by atoms with van der Waals surface area (Å²) >= 11 is 1.22. The van der Waals surface area contributed by atoms with Gasteiger partial charge in [0.25, 0.3) is 11.8 Å². The van der Waals surface area contributed by atoms with Gasteiger partial charge in [0.1, 0.15) is 23.0 Å². The summed E-state index contributed by atoms with van der Waals surface area (Å²) in [5.41, 5.74) is 0.291. The van der Waals surface area contributed by atoms with Gasteiger partial charge in [0.15, 0.2) is 5.13 Å². The number of nitrogens with zero attached hydrogens (tertiary/aromatic N) is 2. The Hall–Kier alpha value is -4.43. The lowest BCUT2D eigenvalue weighted by molar-refractivity contribution is -0.218. The molecule has 0 saturated carbocycles. The molecule has 0 radical (unpaired) electrons. The molecule has 1 saturated heterocycles. The molecule has 2 amide bonds. The Bertz CT molecular complexity index is 1630. The minimum absolute atomic E-state index is 0.0821. The number of rotatable bonds is 10. The average Bonchev–Trinajstić information content (AvgIpc) is 3.46. The van der Waals surface area contributed by atoms with Crippen molar-refractivity contribution < 1.29 is 26.8 Å². The number of thiazole rings is 1. The molecule has 1 aliphatic rings. The molecule has 11 nitrogen and oxygen atoms in total. The van der Waals surface area contributed by atoms with Gasteiger partial charge in [-0.1, -0.05) is 91.0 Å². The molecule has 0 bridgehead atoms. The first-order valence-electron chi connectivity index (χ1n) is 12.7. The molecule has 1 aromatic heterocycles. The molecule has 1 atom stereocenters. The van der Waals surface area contributed by atoms with Crippen LogP contribution in [0.15, 0.2) is 96.4 Å². The third-order valence-corrected chi connectivity index (χ3v) is 8.12. The minimum atomic E-state index is -4.94. The van der Waals surface area contributed by atoms with E-state index in [1.807, 2.05) is 91.0 Å². The molecular formula is C29H27N5O6S2. The van der Waals surface area contributed by atoms with Crippen LogP contribution in [0.4, 0.5) is 5.13 Å². The summed E-state index contributed by atoms with van der Waals surface area (Å²) in [4.78, 5) is 29.9. The van der Waals surface area contributed by atoms with E-state index in [9.17, 15) is 18.0 Å². The second-order valence-electron chi connectivity index (χ2n) is 10.1. The number of hydroxylamine groups is 2. The molecule has 0 spiro atoms. The SMILES string of the molecule is CC1(C)[C@H](NC(=O)C(=N)c2csc(NC(c3ccccc3)(c3ccccc3)c3ccccc3)n2)C(=O)N1OS(=O)(=O)O. The molecule has 0 unspecified atom stereocenters. The van der Waals surface area contributed by atoms with Crippen LogP contribution in [0.3, 0.4) is 0 Å². The Balaban J connectivity index is 1.43. The molecule has 216 valence electrons. The van der Waals surface area contributed by atoms with Gasteiger partial charge < -0.3 is 10.6 Å². The highest BCUT2D eigenvalue weighted by Crippen LogP contribution is 2.40. The Morgan fingerprint density at radius 1 is 0.976 bits per heavy atom. The van der Waals surface area contributed by atoms with E-state index >= 15 is 0 Å². The topological polar surface area (TPSA) is 162 Å². The first-order chi connectivity index (χ1) is 19.9. The number of carbonyl (C=O) groups excluding carboxylic acids is 2. The smallest absolute Gasteiger partial charge is 0.344 e. The fraction of sp³-hybridized carbons (Fsp3) is 0.172. The number of hydrogen-bond donors (Lipinski definition) is 4. The van der Waals surface area contributed by atoms with E-state index in [1.165, 1.54) is 25.2 Å². The summed E-state index contributed by atoms with van der Waals surface area (Å²) in [7, 11) is -4.94. The maximum Gasteiger partial charge on any atom is 0.418 e. The number of amides is 2. The van der Waals surface area contributed by atoms with Crippen LogP contribution in [0.5, 0.6) is 0 Å². The fourth-order valence-corrected chi connectivity index (χ4v) is 6.14. The van der Waals surface area contributed by atoms with Gasteiger partial charge >= 0.3 is 10.4 Å². The first-order valence-corrected chi connectivity index (χ1v) is 15.0. The van der Waals surface area contributed by atoms with Gasteiger partial charge in [-0.25, -0.2) is 4.98 Å². The Morgan fingerprint density at radius 2 is 1.45 bits per heavy atom. The molecule has 0 aliphatic carbocycles. The van der Waals surface area contributed by atoms with Gasteiger partial charge in [-0.3, -0.25) is 19.6 Å². The molecule has 4 aromatic rings. The van der Waals surface area contributed by atoms with E-state index in [1.54, 1.807) is 5.38 Å². The molecule has 4 N–H and O–H groups in total. The highest BCUT2D eigenvalue weighted by atomic mass is 32.3. The predicted molar refractivity (Wildman–Crippen MR) is 157 cm³/mol. The minimum Gasteiger partial charge on any atom is -0.344 e. The van der Waals surface area contributed by atoms with Crippen molar-refractivity contribution in [3.05, 3.63) is 119 Å². The largest absolute Gasteiger partial charge is 0.418 e. The summed E-state index contributed by atoms with van der Waals surface area (Å²) in [6.07, 6.45) is 0. The second-order valence-corrected chi connectivity index (χ2v) is 11.9. The lowest BCUT2D eigenvalue weighted by Gasteiger charge is -2.50.